The highest BCUT2D eigenvalue weighted by molar-refractivity contribution is 6.30. The Morgan fingerprint density at radius 3 is 2.65 bits per heavy atom. The maximum atomic E-state index is 13.3. The van der Waals surface area contributed by atoms with Gasteiger partial charge in [-0.3, -0.25) is 0 Å². The first-order valence-corrected chi connectivity index (χ1v) is 6.67. The first-order chi connectivity index (χ1) is 9.48. The van der Waals surface area contributed by atoms with Crippen LogP contribution in [0.5, 0.6) is 0 Å². The van der Waals surface area contributed by atoms with Crippen molar-refractivity contribution in [2.75, 3.05) is 13.1 Å². The van der Waals surface area contributed by atoms with Gasteiger partial charge in [-0.05, 0) is 30.5 Å². The van der Waals surface area contributed by atoms with Crippen LogP contribution in [0.1, 0.15) is 24.8 Å². The quantitative estimate of drug-likeness (QED) is 0.909. The molecule has 1 N–H and O–H groups in total. The van der Waals surface area contributed by atoms with Gasteiger partial charge in [0.1, 0.15) is 5.82 Å². The molecule has 4 nitrogen and oxygen atoms in total. The summed E-state index contributed by atoms with van der Waals surface area (Å²) < 4.78 is 13.3. The Kier molecular flexibility index (Phi) is 4.15. The molecule has 0 aromatic heterocycles. The normalized spacial score (nSPS) is 17.6. The summed E-state index contributed by atoms with van der Waals surface area (Å²) in [4.78, 5) is 12.3. The van der Waals surface area contributed by atoms with Gasteiger partial charge in [0.25, 0.3) is 0 Å². The molecule has 6 heteroatoms. The molecule has 1 aromatic rings. The van der Waals surface area contributed by atoms with Gasteiger partial charge in [0.05, 0.1) is 11.1 Å². The van der Waals surface area contributed by atoms with Crippen molar-refractivity contribution in [1.29, 1.82) is 5.26 Å². The Hall–Kier alpha value is -1.80. The zero-order valence-electron chi connectivity index (χ0n) is 10.8. The van der Waals surface area contributed by atoms with Crippen LogP contribution in [0.4, 0.5) is 9.18 Å². The van der Waals surface area contributed by atoms with Gasteiger partial charge in [0, 0.05) is 24.9 Å². The number of rotatable bonds is 2. The first-order valence-electron chi connectivity index (χ1n) is 6.29. The number of benzene rings is 1. The van der Waals surface area contributed by atoms with Crippen molar-refractivity contribution in [1.82, 2.24) is 4.90 Å². The molecule has 1 heterocycles. The molecule has 0 atom stereocenters. The average molecular weight is 297 g/mol. The number of hydrogen-bond acceptors (Lipinski definition) is 2. The maximum absolute atomic E-state index is 13.3. The summed E-state index contributed by atoms with van der Waals surface area (Å²) >= 11 is 5.81. The predicted octanol–water partition coefficient (Wildman–Crippen LogP) is 3.40. The highest BCUT2D eigenvalue weighted by Gasteiger charge is 2.37. The summed E-state index contributed by atoms with van der Waals surface area (Å²) in [5.74, 6) is -0.495. The monoisotopic (exact) mass is 296 g/mol. The summed E-state index contributed by atoms with van der Waals surface area (Å²) in [6, 6.07) is 6.62. The van der Waals surface area contributed by atoms with Gasteiger partial charge in [0.15, 0.2) is 0 Å². The molecule has 0 unspecified atom stereocenters. The van der Waals surface area contributed by atoms with Crippen LogP contribution in [0, 0.1) is 17.1 Å². The third-order valence-electron chi connectivity index (χ3n) is 3.94. The molecule has 1 saturated heterocycles. The molecule has 0 spiro atoms. The highest BCUT2D eigenvalue weighted by atomic mass is 35.5. The van der Waals surface area contributed by atoms with Crippen LogP contribution < -0.4 is 0 Å². The molecular weight excluding hydrogens is 283 g/mol. The van der Waals surface area contributed by atoms with Crippen molar-refractivity contribution in [3.8, 4) is 6.07 Å². The molecule has 20 heavy (non-hydrogen) atoms. The van der Waals surface area contributed by atoms with E-state index in [9.17, 15) is 9.18 Å². The number of halogens is 2. The predicted molar refractivity (Wildman–Crippen MR) is 72.1 cm³/mol. The van der Waals surface area contributed by atoms with Crippen molar-refractivity contribution in [3.63, 3.8) is 0 Å². The van der Waals surface area contributed by atoms with E-state index in [4.69, 9.17) is 22.0 Å². The average Bonchev–Trinajstić information content (AvgIpc) is 2.42. The minimum Gasteiger partial charge on any atom is -0.465 e. The summed E-state index contributed by atoms with van der Waals surface area (Å²) in [5, 5.41) is 18.1. The lowest BCUT2D eigenvalue weighted by atomic mass is 9.71. The number of carboxylic acid groups (broad SMARTS) is 1. The van der Waals surface area contributed by atoms with Crippen LogP contribution in [0.15, 0.2) is 18.2 Å². The Morgan fingerprint density at radius 2 is 2.15 bits per heavy atom. The zero-order valence-corrected chi connectivity index (χ0v) is 11.5. The smallest absolute Gasteiger partial charge is 0.407 e. The summed E-state index contributed by atoms with van der Waals surface area (Å²) in [5.41, 5.74) is 0.355. The second-order valence-corrected chi connectivity index (χ2v) is 5.42. The molecule has 1 aromatic carbocycles. The fraction of sp³-hybridized carbons (Fsp3) is 0.429. The van der Waals surface area contributed by atoms with Crippen LogP contribution >= 0.6 is 11.6 Å². The van der Waals surface area contributed by atoms with E-state index in [1.165, 1.54) is 11.0 Å². The van der Waals surface area contributed by atoms with E-state index in [1.54, 1.807) is 12.1 Å². The van der Waals surface area contributed by atoms with Crippen LogP contribution in [-0.2, 0) is 5.41 Å². The minimum absolute atomic E-state index is 0.0282. The van der Waals surface area contributed by atoms with Gasteiger partial charge in [-0.15, -0.1) is 0 Å². The van der Waals surface area contributed by atoms with Crippen molar-refractivity contribution in [3.05, 3.63) is 34.6 Å². The third-order valence-corrected chi connectivity index (χ3v) is 4.23. The molecule has 0 aliphatic carbocycles. The third kappa shape index (κ3) is 2.70. The largest absolute Gasteiger partial charge is 0.465 e. The van der Waals surface area contributed by atoms with E-state index in [-0.39, 0.29) is 11.4 Å². The topological polar surface area (TPSA) is 64.3 Å². The Morgan fingerprint density at radius 1 is 1.50 bits per heavy atom. The number of carbonyl (C=O) groups is 1. The van der Waals surface area contributed by atoms with Gasteiger partial charge < -0.3 is 10.0 Å². The number of nitriles is 1. The van der Waals surface area contributed by atoms with E-state index in [2.05, 4.69) is 6.07 Å². The number of hydrogen-bond donors (Lipinski definition) is 1. The molecule has 0 radical (unpaired) electrons. The molecule has 1 aliphatic rings. The molecule has 1 aliphatic heterocycles. The number of amides is 1. The summed E-state index contributed by atoms with van der Waals surface area (Å²) in [6.45, 7) is 0.734. The van der Waals surface area contributed by atoms with Gasteiger partial charge >= 0.3 is 6.09 Å². The number of likely N-dealkylation sites (tertiary alicyclic amines) is 1. The fourth-order valence-electron chi connectivity index (χ4n) is 2.67. The summed E-state index contributed by atoms with van der Waals surface area (Å²) in [6.07, 6.45) is 0.388. The molecule has 0 bridgehead atoms. The van der Waals surface area contributed by atoms with E-state index in [0.717, 1.165) is 5.56 Å². The maximum Gasteiger partial charge on any atom is 0.407 e. The van der Waals surface area contributed by atoms with Crippen LogP contribution in [-0.4, -0.2) is 29.2 Å². The lowest BCUT2D eigenvalue weighted by molar-refractivity contribution is 0.117. The first kappa shape index (κ1) is 14.6. The van der Waals surface area contributed by atoms with E-state index >= 15 is 0 Å². The molecule has 1 fully saturated rings. The van der Waals surface area contributed by atoms with E-state index < -0.39 is 17.3 Å². The van der Waals surface area contributed by atoms with E-state index in [1.807, 2.05) is 0 Å². The van der Waals surface area contributed by atoms with Gasteiger partial charge in [-0.1, -0.05) is 17.7 Å². The number of nitrogens with zero attached hydrogens (tertiary/aromatic N) is 2. The molecule has 2 rings (SSSR count). The Balaban J connectivity index is 2.29. The molecular formula is C14H14ClFN2O2. The minimum atomic E-state index is -0.951. The standard InChI is InChI=1S/C14H14ClFN2O2/c15-11-9-10(1-2-12(11)16)14(3-6-17)4-7-18(8-5-14)13(19)20/h1-2,9H,3-5,7-8H2,(H,19,20). The zero-order chi connectivity index (χ0) is 14.8. The molecule has 1 amide bonds. The van der Waals surface area contributed by atoms with Crippen LogP contribution in [0.2, 0.25) is 5.02 Å². The fourth-order valence-corrected chi connectivity index (χ4v) is 2.85. The number of piperidine rings is 1. The van der Waals surface area contributed by atoms with Gasteiger partial charge in [-0.25, -0.2) is 9.18 Å². The van der Waals surface area contributed by atoms with Gasteiger partial charge in [-0.2, -0.15) is 5.26 Å². The Labute approximate surface area is 121 Å². The lowest BCUT2D eigenvalue weighted by Gasteiger charge is -2.40. The van der Waals surface area contributed by atoms with Crippen molar-refractivity contribution >= 4 is 17.7 Å². The van der Waals surface area contributed by atoms with Crippen LogP contribution in [0.25, 0.3) is 0 Å². The molecule has 106 valence electrons. The second-order valence-electron chi connectivity index (χ2n) is 5.01. The SMILES string of the molecule is N#CCC1(c2ccc(F)c(Cl)c2)CCN(C(=O)O)CC1. The van der Waals surface area contributed by atoms with Crippen molar-refractivity contribution < 1.29 is 14.3 Å². The van der Waals surface area contributed by atoms with Crippen molar-refractivity contribution in [2.45, 2.75) is 24.7 Å². The highest BCUT2D eigenvalue weighted by Crippen LogP contribution is 2.39. The lowest BCUT2D eigenvalue weighted by Crippen LogP contribution is -2.44. The van der Waals surface area contributed by atoms with Gasteiger partial charge in [0.2, 0.25) is 0 Å². The summed E-state index contributed by atoms with van der Waals surface area (Å²) in [7, 11) is 0. The van der Waals surface area contributed by atoms with Crippen molar-refractivity contribution in [2.24, 2.45) is 0 Å². The van der Waals surface area contributed by atoms with E-state index in [0.29, 0.717) is 25.9 Å². The van der Waals surface area contributed by atoms with Crippen LogP contribution in [0.3, 0.4) is 0 Å². The molecule has 0 saturated carbocycles. The second kappa shape index (κ2) is 5.68. The Bertz CT molecular complexity index is 563.